The maximum Gasteiger partial charge on any atom is 0.160 e. The molecule has 0 bridgehead atoms. The number of Topliss-reactive ketones (excluding diaryl/α,β-unsaturated/α-hetero) is 1. The molecule has 2 aromatic rings. The highest BCUT2D eigenvalue weighted by atomic mass is 16.5. The normalized spacial score (nSPS) is 10.4. The molecule has 0 aliphatic rings. The fourth-order valence-corrected chi connectivity index (χ4v) is 2.02. The van der Waals surface area contributed by atoms with Crippen LogP contribution in [-0.4, -0.2) is 25.0 Å². The second kappa shape index (κ2) is 4.64. The summed E-state index contributed by atoms with van der Waals surface area (Å²) in [5.74, 6) is 1.25. The zero-order valence-corrected chi connectivity index (χ0v) is 10.9. The highest BCUT2D eigenvalue weighted by molar-refractivity contribution is 6.09. The van der Waals surface area contributed by atoms with Crippen LogP contribution in [0.3, 0.4) is 0 Å². The highest BCUT2D eigenvalue weighted by Gasteiger charge is 2.16. The summed E-state index contributed by atoms with van der Waals surface area (Å²) in [6.07, 6.45) is 0. The number of hydrogen-bond acceptors (Lipinski definition) is 4. The minimum atomic E-state index is -0.0217. The van der Waals surface area contributed by atoms with Crippen molar-refractivity contribution < 1.29 is 14.3 Å². The molecule has 0 saturated heterocycles. The van der Waals surface area contributed by atoms with Crippen molar-refractivity contribution in [3.63, 3.8) is 0 Å². The molecule has 1 heterocycles. The molecule has 1 aromatic carbocycles. The first kappa shape index (κ1) is 12.4. The minimum Gasteiger partial charge on any atom is -0.496 e. The molecule has 0 radical (unpaired) electrons. The summed E-state index contributed by atoms with van der Waals surface area (Å²) in [6.45, 7) is 3.41. The lowest BCUT2D eigenvalue weighted by Crippen LogP contribution is -2.00. The predicted octanol–water partition coefficient (Wildman–Crippen LogP) is 2.76. The number of benzene rings is 1. The SMILES string of the molecule is COc1ccc(C(C)=O)c2c(OC)cc(C)nc12. The Morgan fingerprint density at radius 1 is 1.17 bits per heavy atom. The van der Waals surface area contributed by atoms with Gasteiger partial charge in [0.2, 0.25) is 0 Å². The zero-order valence-electron chi connectivity index (χ0n) is 10.9. The molecular weight excluding hydrogens is 230 g/mol. The number of hydrogen-bond donors (Lipinski definition) is 0. The molecule has 2 rings (SSSR count). The van der Waals surface area contributed by atoms with Crippen LogP contribution in [0.25, 0.3) is 10.9 Å². The average molecular weight is 245 g/mol. The van der Waals surface area contributed by atoms with E-state index in [-0.39, 0.29) is 5.78 Å². The number of nitrogens with zero attached hydrogens (tertiary/aromatic N) is 1. The Kier molecular flexibility index (Phi) is 3.19. The number of ketones is 1. The van der Waals surface area contributed by atoms with Crippen LogP contribution in [0.2, 0.25) is 0 Å². The molecular formula is C14H15NO3. The van der Waals surface area contributed by atoms with Crippen molar-refractivity contribution in [3.8, 4) is 11.5 Å². The van der Waals surface area contributed by atoms with Gasteiger partial charge in [0.1, 0.15) is 17.0 Å². The first-order chi connectivity index (χ1) is 8.58. The summed E-state index contributed by atoms with van der Waals surface area (Å²) in [5.41, 5.74) is 2.07. The van der Waals surface area contributed by atoms with Gasteiger partial charge in [-0.25, -0.2) is 4.98 Å². The Morgan fingerprint density at radius 2 is 1.83 bits per heavy atom. The van der Waals surface area contributed by atoms with Crippen LogP contribution in [0, 0.1) is 6.92 Å². The van der Waals surface area contributed by atoms with Crippen LogP contribution in [0.15, 0.2) is 18.2 Å². The number of rotatable bonds is 3. The Balaban J connectivity index is 2.95. The zero-order chi connectivity index (χ0) is 13.3. The van der Waals surface area contributed by atoms with Crippen LogP contribution in [-0.2, 0) is 0 Å². The molecule has 0 N–H and O–H groups in total. The van der Waals surface area contributed by atoms with Crippen LogP contribution in [0.1, 0.15) is 23.0 Å². The van der Waals surface area contributed by atoms with Crippen molar-refractivity contribution in [2.24, 2.45) is 0 Å². The number of aryl methyl sites for hydroxylation is 1. The second-order valence-electron chi connectivity index (χ2n) is 4.06. The van der Waals surface area contributed by atoms with Gasteiger partial charge >= 0.3 is 0 Å². The molecule has 0 atom stereocenters. The molecule has 0 saturated carbocycles. The predicted molar refractivity (Wildman–Crippen MR) is 69.6 cm³/mol. The number of aromatic nitrogens is 1. The lowest BCUT2D eigenvalue weighted by molar-refractivity contribution is 0.101. The molecule has 4 nitrogen and oxygen atoms in total. The van der Waals surface area contributed by atoms with Crippen molar-refractivity contribution in [1.82, 2.24) is 4.98 Å². The molecule has 0 aliphatic heterocycles. The summed E-state index contributed by atoms with van der Waals surface area (Å²) in [4.78, 5) is 16.1. The molecule has 0 fully saturated rings. The van der Waals surface area contributed by atoms with E-state index in [0.717, 1.165) is 5.69 Å². The van der Waals surface area contributed by atoms with E-state index in [9.17, 15) is 4.79 Å². The summed E-state index contributed by atoms with van der Waals surface area (Å²) in [6, 6.07) is 5.31. The van der Waals surface area contributed by atoms with Gasteiger partial charge in [-0.2, -0.15) is 0 Å². The molecule has 4 heteroatoms. The third-order valence-electron chi connectivity index (χ3n) is 2.83. The number of ether oxygens (including phenoxy) is 2. The first-order valence-electron chi connectivity index (χ1n) is 5.61. The maximum atomic E-state index is 11.7. The van der Waals surface area contributed by atoms with E-state index in [0.29, 0.717) is 28.0 Å². The van der Waals surface area contributed by atoms with E-state index >= 15 is 0 Å². The summed E-state index contributed by atoms with van der Waals surface area (Å²) >= 11 is 0. The topological polar surface area (TPSA) is 48.4 Å². The van der Waals surface area contributed by atoms with E-state index in [1.54, 1.807) is 26.4 Å². The Morgan fingerprint density at radius 3 is 2.39 bits per heavy atom. The van der Waals surface area contributed by atoms with Crippen LogP contribution in [0.4, 0.5) is 0 Å². The Labute approximate surface area is 106 Å². The minimum absolute atomic E-state index is 0.0217. The van der Waals surface area contributed by atoms with Crippen molar-refractivity contribution >= 4 is 16.7 Å². The van der Waals surface area contributed by atoms with E-state index in [2.05, 4.69) is 4.98 Å². The number of pyridine rings is 1. The van der Waals surface area contributed by atoms with Gasteiger partial charge in [0.05, 0.1) is 19.6 Å². The molecule has 18 heavy (non-hydrogen) atoms. The number of carbonyl (C=O) groups is 1. The van der Waals surface area contributed by atoms with Gasteiger partial charge < -0.3 is 9.47 Å². The highest BCUT2D eigenvalue weighted by Crippen LogP contribution is 2.34. The van der Waals surface area contributed by atoms with Crippen LogP contribution < -0.4 is 9.47 Å². The Hall–Kier alpha value is -2.10. The van der Waals surface area contributed by atoms with Gasteiger partial charge in [-0.05, 0) is 26.0 Å². The standard InChI is InChI=1S/C14H15NO3/c1-8-7-12(18-4)13-10(9(2)16)5-6-11(17-3)14(13)15-8/h5-7H,1-4H3. The van der Waals surface area contributed by atoms with Crippen molar-refractivity contribution in [1.29, 1.82) is 0 Å². The third-order valence-corrected chi connectivity index (χ3v) is 2.83. The van der Waals surface area contributed by atoms with E-state index in [4.69, 9.17) is 9.47 Å². The van der Waals surface area contributed by atoms with Gasteiger partial charge in [0.15, 0.2) is 5.78 Å². The molecule has 1 aromatic heterocycles. The molecule has 0 spiro atoms. The summed E-state index contributed by atoms with van der Waals surface area (Å²) < 4.78 is 10.6. The smallest absolute Gasteiger partial charge is 0.160 e. The van der Waals surface area contributed by atoms with Crippen molar-refractivity contribution in [2.75, 3.05) is 14.2 Å². The number of methoxy groups -OCH3 is 2. The van der Waals surface area contributed by atoms with Crippen LogP contribution in [0.5, 0.6) is 11.5 Å². The van der Waals surface area contributed by atoms with E-state index in [1.165, 1.54) is 6.92 Å². The van der Waals surface area contributed by atoms with E-state index < -0.39 is 0 Å². The maximum absolute atomic E-state index is 11.7. The molecule has 0 amide bonds. The number of fused-ring (bicyclic) bond motifs is 1. The lowest BCUT2D eigenvalue weighted by atomic mass is 10.0. The molecule has 94 valence electrons. The molecule has 0 unspecified atom stereocenters. The van der Waals surface area contributed by atoms with Gasteiger partial charge in [-0.1, -0.05) is 0 Å². The van der Waals surface area contributed by atoms with Crippen LogP contribution >= 0.6 is 0 Å². The number of carbonyl (C=O) groups excluding carboxylic acids is 1. The average Bonchev–Trinajstić information content (AvgIpc) is 2.35. The summed E-state index contributed by atoms with van der Waals surface area (Å²) in [7, 11) is 3.16. The fraction of sp³-hybridized carbons (Fsp3) is 0.286. The lowest BCUT2D eigenvalue weighted by Gasteiger charge is -2.12. The molecule has 0 aliphatic carbocycles. The van der Waals surface area contributed by atoms with Crippen molar-refractivity contribution in [2.45, 2.75) is 13.8 Å². The van der Waals surface area contributed by atoms with Gasteiger partial charge in [0.25, 0.3) is 0 Å². The largest absolute Gasteiger partial charge is 0.496 e. The third kappa shape index (κ3) is 1.90. The Bertz CT molecular complexity index is 620. The fourth-order valence-electron chi connectivity index (χ4n) is 2.02. The van der Waals surface area contributed by atoms with Gasteiger partial charge in [0, 0.05) is 17.3 Å². The van der Waals surface area contributed by atoms with Crippen molar-refractivity contribution in [3.05, 3.63) is 29.5 Å². The first-order valence-corrected chi connectivity index (χ1v) is 5.61. The van der Waals surface area contributed by atoms with E-state index in [1.807, 2.05) is 13.0 Å². The van der Waals surface area contributed by atoms with Gasteiger partial charge in [-0.15, -0.1) is 0 Å². The quantitative estimate of drug-likeness (QED) is 0.780. The second-order valence-corrected chi connectivity index (χ2v) is 4.06. The van der Waals surface area contributed by atoms with Gasteiger partial charge in [-0.3, -0.25) is 4.79 Å². The monoisotopic (exact) mass is 245 g/mol. The summed E-state index contributed by atoms with van der Waals surface area (Å²) in [5, 5.41) is 0.704.